The van der Waals surface area contributed by atoms with Gasteiger partial charge in [0.05, 0.1) is 31.3 Å². The van der Waals surface area contributed by atoms with E-state index in [4.69, 9.17) is 33.0 Å². The Kier molecular flexibility index (Phi) is 26.6. The molecule has 8 radical (unpaired) electrons. The number of aliphatic hydroxyl groups excluding tert-OH is 1. The lowest BCUT2D eigenvalue weighted by atomic mass is 9.40. The molecule has 0 spiro atoms. The van der Waals surface area contributed by atoms with Gasteiger partial charge >= 0.3 is 0 Å². The first kappa shape index (κ1) is 47.4. The highest BCUT2D eigenvalue weighted by Gasteiger charge is 2.36. The number of alkyl halides is 1. The van der Waals surface area contributed by atoms with Crippen molar-refractivity contribution >= 4 is 46.9 Å². The second-order valence-corrected chi connectivity index (χ2v) is 13.3. The first-order chi connectivity index (χ1) is 23.3. The van der Waals surface area contributed by atoms with Crippen LogP contribution in [0.2, 0.25) is 0 Å². The molecule has 9 nitrogen and oxygen atoms in total. The maximum absolute atomic E-state index is 8.85. The number of rotatable bonds is 8. The second-order valence-electron chi connectivity index (χ2n) is 12.7. The summed E-state index contributed by atoms with van der Waals surface area (Å²) in [4.78, 5) is 2.36. The zero-order valence-corrected chi connectivity index (χ0v) is 30.6. The first-order valence-corrected chi connectivity index (χ1v) is 17.8. The molecule has 3 fully saturated rings. The van der Waals surface area contributed by atoms with E-state index in [9.17, 15) is 0 Å². The number of aliphatic hydroxyl groups is 1. The van der Waals surface area contributed by atoms with Crippen LogP contribution in [-0.2, 0) is 23.1 Å². The van der Waals surface area contributed by atoms with Crippen molar-refractivity contribution in [3.63, 3.8) is 0 Å². The molecule has 9 unspecified atom stereocenters. The molecule has 0 amide bonds. The highest BCUT2D eigenvalue weighted by molar-refractivity contribution is 9.09. The summed E-state index contributed by atoms with van der Waals surface area (Å²) in [5.74, 6) is 11.7. The molecule has 264 valence electrons. The van der Waals surface area contributed by atoms with E-state index >= 15 is 0 Å². The van der Waals surface area contributed by atoms with Gasteiger partial charge in [0.2, 0.25) is 0 Å². The lowest BCUT2D eigenvalue weighted by Crippen LogP contribution is -2.14. The van der Waals surface area contributed by atoms with Crippen molar-refractivity contribution in [1.82, 2.24) is 15.0 Å². The predicted octanol–water partition coefficient (Wildman–Crippen LogP) is 5.64. The fourth-order valence-electron chi connectivity index (χ4n) is 7.32. The topological polar surface area (TPSA) is 118 Å². The number of hydrogen-bond donors (Lipinski definition) is 1. The van der Waals surface area contributed by atoms with Gasteiger partial charge in [-0.1, -0.05) is 82.0 Å². The Balaban J connectivity index is 0.000000631. The third-order valence-corrected chi connectivity index (χ3v) is 9.72. The number of fused-ring (bicyclic) bond motifs is 6. The Bertz CT molecular complexity index is 1280. The van der Waals surface area contributed by atoms with Gasteiger partial charge in [-0.05, 0) is 97.3 Å². The summed E-state index contributed by atoms with van der Waals surface area (Å²) >= 11 is 3.01. The number of halogens is 1. The number of aromatic nitrogens is 3. The smallest absolute Gasteiger partial charge is 0.108 e. The molecule has 14 heteroatoms. The quantitative estimate of drug-likeness (QED) is 0.0542. The highest BCUT2D eigenvalue weighted by atomic mass is 79.9. The molecule has 6 aliphatic carbocycles. The number of hydrogen-bond acceptors (Lipinski definition) is 6. The third kappa shape index (κ3) is 17.1. The second kappa shape index (κ2) is 28.1. The molecule has 0 saturated heterocycles. The zero-order chi connectivity index (χ0) is 35.1. The summed E-state index contributed by atoms with van der Waals surface area (Å²) in [5.41, 5.74) is 8.25. The minimum Gasteiger partial charge on any atom is -0.396 e. The van der Waals surface area contributed by atoms with Crippen LogP contribution in [0.5, 0.6) is 0 Å². The molecule has 7 rings (SSSR count). The SMILES string of the molecule is C.C#CCBr.C#CCOCC1CC2C=CC1C2.CN=[N+]=[N-].Cn1cc(COCC2CC3C=CC2C3)nn1.OCC1CC2C=CC1C2.[B].[B][B][B]. The van der Waals surface area contributed by atoms with Gasteiger partial charge in [-0.2, -0.15) is 0 Å². The summed E-state index contributed by atoms with van der Waals surface area (Å²) in [6.07, 6.45) is 33.6. The van der Waals surface area contributed by atoms with E-state index in [1.807, 2.05) is 13.2 Å². The van der Waals surface area contributed by atoms with Gasteiger partial charge in [0, 0.05) is 56.6 Å². The minimum atomic E-state index is 0. The van der Waals surface area contributed by atoms with Crippen LogP contribution in [0.25, 0.3) is 10.4 Å². The van der Waals surface area contributed by atoms with E-state index in [0.29, 0.717) is 31.1 Å². The molecule has 1 N–H and O–H groups in total. The summed E-state index contributed by atoms with van der Waals surface area (Å²) in [5, 5.41) is 20.3. The molecular weight excluding hydrogens is 688 g/mol. The van der Waals surface area contributed by atoms with Crippen molar-refractivity contribution in [3.05, 3.63) is 58.8 Å². The molecule has 6 aliphatic rings. The summed E-state index contributed by atoms with van der Waals surface area (Å²) in [7, 11) is 13.3. The van der Waals surface area contributed by atoms with Crippen LogP contribution >= 0.6 is 15.9 Å². The fourth-order valence-corrected chi connectivity index (χ4v) is 7.32. The number of aryl methyl sites for hydroxylation is 1. The van der Waals surface area contributed by atoms with Crippen LogP contribution < -0.4 is 0 Å². The lowest BCUT2D eigenvalue weighted by molar-refractivity contribution is 0.0768. The number of ether oxygens (including phenoxy) is 2. The standard InChI is InChI=1S/C12H17N3O.C11H14O.C8H12O.C3H3Br.CH3N3.CH4.B3.B/c1-15-6-12(13-14-15)8-16-7-11-5-9-2-3-10(11)4-9;1-2-5-12-8-11-7-9-3-4-10(11)6-9;9-5-8-4-6-1-2-7(8)3-6;1-2-3-4;1-3-4-2;;1-3-2;/h2-3,6,9-11H,4-5,7-8H2,1H3;1,3-4,9-11H,5-8H2;1-2,6-9H,3-5H2;1H,3H2;1H3;1H4;;. The Morgan fingerprint density at radius 3 is 1.66 bits per heavy atom. The Labute approximate surface area is 315 Å². The van der Waals surface area contributed by atoms with Gasteiger partial charge in [0.25, 0.3) is 0 Å². The van der Waals surface area contributed by atoms with Gasteiger partial charge in [-0.25, -0.2) is 0 Å². The monoisotopic (exact) mass is 740 g/mol. The molecule has 50 heavy (non-hydrogen) atoms. The maximum Gasteiger partial charge on any atom is 0.108 e. The Hall–Kier alpha value is -2.59. The maximum atomic E-state index is 8.85. The number of azide groups is 1. The molecule has 1 heterocycles. The van der Waals surface area contributed by atoms with Crippen molar-refractivity contribution in [2.75, 3.05) is 38.8 Å². The zero-order valence-electron chi connectivity index (χ0n) is 29.0. The van der Waals surface area contributed by atoms with Gasteiger partial charge < -0.3 is 14.6 Å². The molecule has 9 atom stereocenters. The molecule has 6 bridgehead atoms. The van der Waals surface area contributed by atoms with E-state index in [1.165, 1.54) is 45.6 Å². The van der Waals surface area contributed by atoms with Crippen molar-refractivity contribution in [3.8, 4) is 24.7 Å². The lowest BCUT2D eigenvalue weighted by Gasteiger charge is -2.17. The third-order valence-electron chi connectivity index (χ3n) is 9.40. The average molecular weight is 741 g/mol. The minimum absolute atomic E-state index is 0. The van der Waals surface area contributed by atoms with Gasteiger partial charge in [-0.3, -0.25) is 4.68 Å². The van der Waals surface area contributed by atoms with Crippen LogP contribution in [-0.4, -0.2) is 89.9 Å². The molecule has 3 saturated carbocycles. The van der Waals surface area contributed by atoms with Crippen LogP contribution in [0.1, 0.15) is 51.6 Å². The number of terminal acetylenes is 2. The van der Waals surface area contributed by atoms with E-state index in [1.54, 1.807) is 4.68 Å². The molecule has 1 aromatic rings. The first-order valence-electron chi connectivity index (χ1n) is 16.6. The molecule has 1 aromatic heterocycles. The molecular formula is C36H53B4BrN6O3. The fraction of sp³-hybridized carbons (Fsp3) is 0.667. The van der Waals surface area contributed by atoms with E-state index in [-0.39, 0.29) is 15.8 Å². The van der Waals surface area contributed by atoms with E-state index < -0.39 is 0 Å². The van der Waals surface area contributed by atoms with Crippen molar-refractivity contribution in [2.24, 2.45) is 65.4 Å². The Morgan fingerprint density at radius 2 is 1.38 bits per heavy atom. The van der Waals surface area contributed by atoms with Crippen molar-refractivity contribution in [2.45, 2.75) is 52.6 Å². The van der Waals surface area contributed by atoms with Gasteiger partial charge in [0.1, 0.15) is 12.3 Å². The van der Waals surface area contributed by atoms with Gasteiger partial charge in [-0.15, -0.1) is 17.9 Å². The highest BCUT2D eigenvalue weighted by Crippen LogP contribution is 2.44. The van der Waals surface area contributed by atoms with Crippen LogP contribution in [0.3, 0.4) is 0 Å². The largest absolute Gasteiger partial charge is 0.396 e. The average Bonchev–Trinajstić information content (AvgIpc) is 3.97. The van der Waals surface area contributed by atoms with Gasteiger partial charge in [0.15, 0.2) is 0 Å². The van der Waals surface area contributed by atoms with Crippen LogP contribution in [0.15, 0.2) is 47.8 Å². The van der Waals surface area contributed by atoms with Crippen molar-refractivity contribution < 1.29 is 14.6 Å². The normalized spacial score (nSPS) is 28.3. The molecule has 0 aromatic carbocycles. The summed E-state index contributed by atoms with van der Waals surface area (Å²) in [6.45, 7) is 3.17. The van der Waals surface area contributed by atoms with Crippen molar-refractivity contribution in [1.29, 1.82) is 0 Å². The number of nitrogens with zero attached hydrogens (tertiary/aromatic N) is 6. The summed E-state index contributed by atoms with van der Waals surface area (Å²) < 4.78 is 12.8. The number of allylic oxidation sites excluding steroid dienone is 6. The Morgan fingerprint density at radius 1 is 0.940 bits per heavy atom. The predicted molar refractivity (Wildman–Crippen MR) is 211 cm³/mol. The summed E-state index contributed by atoms with van der Waals surface area (Å²) in [6, 6.07) is 0. The van der Waals surface area contributed by atoms with Crippen LogP contribution in [0.4, 0.5) is 0 Å². The van der Waals surface area contributed by atoms with E-state index in [2.05, 4.69) is 100 Å². The van der Waals surface area contributed by atoms with Crippen LogP contribution in [0, 0.1) is 77.9 Å². The molecule has 0 aliphatic heterocycles. The van der Waals surface area contributed by atoms with E-state index in [0.717, 1.165) is 73.3 Å².